The Labute approximate surface area is 63.9 Å². The summed E-state index contributed by atoms with van der Waals surface area (Å²) in [6, 6.07) is 0. The third-order valence-corrected chi connectivity index (χ3v) is 1.26. The summed E-state index contributed by atoms with van der Waals surface area (Å²) in [6.45, 7) is -0.497. The topological polar surface area (TPSA) is 98.0 Å². The van der Waals surface area contributed by atoms with Gasteiger partial charge in [0.1, 0.15) is 6.10 Å². The van der Waals surface area contributed by atoms with Crippen LogP contribution < -0.4 is 0 Å². The second-order valence-electron chi connectivity index (χ2n) is 2.27. The molecule has 11 heavy (non-hydrogen) atoms. The van der Waals surface area contributed by atoms with E-state index in [1.54, 1.807) is 0 Å². The molecule has 0 spiro atoms. The molecule has 0 fully saturated rings. The van der Waals surface area contributed by atoms with Crippen molar-refractivity contribution in [2.24, 2.45) is 0 Å². The highest BCUT2D eigenvalue weighted by Crippen LogP contribution is 2.00. The molecule has 0 amide bonds. The fourth-order valence-electron chi connectivity index (χ4n) is 0.583. The molecule has 0 aromatic carbocycles. The lowest BCUT2D eigenvalue weighted by Crippen LogP contribution is -2.32. The van der Waals surface area contributed by atoms with Crippen LogP contribution in [0.3, 0.4) is 0 Å². The fraction of sp³-hybridized carbons (Fsp3) is 0.833. The molecule has 0 aromatic rings. The minimum absolute atomic E-state index is 0.175. The Morgan fingerprint density at radius 3 is 2.18 bits per heavy atom. The van der Waals surface area contributed by atoms with Crippen molar-refractivity contribution >= 4 is 6.29 Å². The normalized spacial score (nSPS) is 18.9. The number of rotatable bonds is 5. The van der Waals surface area contributed by atoms with Crippen LogP contribution in [0.25, 0.3) is 0 Å². The number of carbonyl (C=O) groups excluding carboxylic acids is 1. The van der Waals surface area contributed by atoms with E-state index >= 15 is 0 Å². The molecule has 4 N–H and O–H groups in total. The average molecular weight is 164 g/mol. The number of aliphatic hydroxyl groups is 4. The van der Waals surface area contributed by atoms with Crippen LogP contribution in [0.4, 0.5) is 0 Å². The van der Waals surface area contributed by atoms with Crippen molar-refractivity contribution in [3.63, 3.8) is 0 Å². The maximum atomic E-state index is 9.86. The molecular formula is C6H12O5. The molecule has 0 heterocycles. The molecule has 0 radical (unpaired) electrons. The summed E-state index contributed by atoms with van der Waals surface area (Å²) in [4.78, 5) is 9.86. The molecule has 66 valence electrons. The molecule has 0 aliphatic rings. The van der Waals surface area contributed by atoms with Crippen LogP contribution in [-0.2, 0) is 4.79 Å². The van der Waals surface area contributed by atoms with E-state index in [2.05, 4.69) is 0 Å². The SMILES string of the molecule is O=C[C@@H](O)[C@H](O)C[C@H](O)CO. The van der Waals surface area contributed by atoms with Gasteiger partial charge in [-0.15, -0.1) is 0 Å². The number of hydrogen-bond donors (Lipinski definition) is 4. The van der Waals surface area contributed by atoms with Gasteiger partial charge in [0.2, 0.25) is 0 Å². The lowest BCUT2D eigenvalue weighted by atomic mass is 10.1. The number of hydrogen-bond acceptors (Lipinski definition) is 5. The summed E-state index contributed by atoms with van der Waals surface area (Å²) >= 11 is 0. The molecule has 0 aliphatic carbocycles. The van der Waals surface area contributed by atoms with E-state index in [-0.39, 0.29) is 12.7 Å². The van der Waals surface area contributed by atoms with Crippen LogP contribution in [-0.4, -0.2) is 51.6 Å². The van der Waals surface area contributed by atoms with Gasteiger partial charge in [-0.3, -0.25) is 0 Å². The maximum absolute atomic E-state index is 9.86. The Morgan fingerprint density at radius 1 is 1.27 bits per heavy atom. The highest BCUT2D eigenvalue weighted by molar-refractivity contribution is 5.56. The van der Waals surface area contributed by atoms with Crippen LogP contribution in [0, 0.1) is 0 Å². The Bertz CT molecular complexity index is 116. The summed E-state index contributed by atoms with van der Waals surface area (Å²) in [5.41, 5.74) is 0. The van der Waals surface area contributed by atoms with Crippen molar-refractivity contribution < 1.29 is 25.2 Å². The average Bonchev–Trinajstić information content (AvgIpc) is 2.02. The number of carbonyl (C=O) groups is 1. The van der Waals surface area contributed by atoms with E-state index in [9.17, 15) is 4.79 Å². The molecular weight excluding hydrogens is 152 g/mol. The van der Waals surface area contributed by atoms with Crippen molar-refractivity contribution in [3.05, 3.63) is 0 Å². The lowest BCUT2D eigenvalue weighted by Gasteiger charge is -2.14. The summed E-state index contributed by atoms with van der Waals surface area (Å²) in [6.07, 6.45) is -3.93. The Hall–Kier alpha value is -0.490. The zero-order valence-electron chi connectivity index (χ0n) is 5.92. The van der Waals surface area contributed by atoms with Gasteiger partial charge >= 0.3 is 0 Å². The molecule has 0 bridgehead atoms. The summed E-state index contributed by atoms with van der Waals surface area (Å²) < 4.78 is 0. The summed E-state index contributed by atoms with van der Waals surface area (Å²) in [5.74, 6) is 0. The molecule has 0 saturated heterocycles. The van der Waals surface area contributed by atoms with Gasteiger partial charge in [-0.2, -0.15) is 0 Å². The van der Waals surface area contributed by atoms with Gasteiger partial charge in [-0.05, 0) is 0 Å². The van der Waals surface area contributed by atoms with E-state index in [1.165, 1.54) is 0 Å². The molecule has 0 saturated carbocycles. The van der Waals surface area contributed by atoms with Gasteiger partial charge < -0.3 is 25.2 Å². The molecule has 5 nitrogen and oxygen atoms in total. The van der Waals surface area contributed by atoms with Crippen molar-refractivity contribution in [3.8, 4) is 0 Å². The Morgan fingerprint density at radius 2 is 1.82 bits per heavy atom. The first-order valence-corrected chi connectivity index (χ1v) is 3.22. The van der Waals surface area contributed by atoms with Crippen LogP contribution in [0.15, 0.2) is 0 Å². The molecule has 0 aliphatic heterocycles. The first-order valence-electron chi connectivity index (χ1n) is 3.22. The lowest BCUT2D eigenvalue weighted by molar-refractivity contribution is -0.121. The summed E-state index contributed by atoms with van der Waals surface area (Å²) in [5, 5.41) is 34.6. The van der Waals surface area contributed by atoms with E-state index < -0.39 is 24.9 Å². The predicted molar refractivity (Wildman–Crippen MR) is 35.8 cm³/mol. The quantitative estimate of drug-likeness (QED) is 0.341. The molecule has 5 heteroatoms. The largest absolute Gasteiger partial charge is 0.394 e. The molecule has 0 aromatic heterocycles. The standard InChI is InChI=1S/C6H12O5/c7-2-4(9)1-5(10)6(11)3-8/h3-7,9-11H,1-2H2/t4-,5+,6+/m0/s1. The number of aldehydes is 1. The van der Waals surface area contributed by atoms with Gasteiger partial charge in [0, 0.05) is 6.42 Å². The van der Waals surface area contributed by atoms with Crippen molar-refractivity contribution in [1.82, 2.24) is 0 Å². The van der Waals surface area contributed by atoms with E-state index in [0.29, 0.717) is 0 Å². The second-order valence-corrected chi connectivity index (χ2v) is 2.27. The number of aliphatic hydroxyl groups excluding tert-OH is 4. The van der Waals surface area contributed by atoms with Crippen LogP contribution in [0.1, 0.15) is 6.42 Å². The third kappa shape index (κ3) is 4.05. The highest BCUT2D eigenvalue weighted by Gasteiger charge is 2.18. The van der Waals surface area contributed by atoms with Crippen LogP contribution in [0.5, 0.6) is 0 Å². The zero-order valence-corrected chi connectivity index (χ0v) is 5.92. The first kappa shape index (κ1) is 10.5. The third-order valence-electron chi connectivity index (χ3n) is 1.26. The van der Waals surface area contributed by atoms with Gasteiger partial charge in [-0.1, -0.05) is 0 Å². The van der Waals surface area contributed by atoms with E-state index in [4.69, 9.17) is 20.4 Å². The van der Waals surface area contributed by atoms with E-state index in [1.807, 2.05) is 0 Å². The van der Waals surface area contributed by atoms with Crippen molar-refractivity contribution in [2.45, 2.75) is 24.7 Å². The highest BCUT2D eigenvalue weighted by atomic mass is 16.3. The van der Waals surface area contributed by atoms with Crippen LogP contribution >= 0.6 is 0 Å². The summed E-state index contributed by atoms with van der Waals surface area (Å²) in [7, 11) is 0. The molecule has 0 unspecified atom stereocenters. The van der Waals surface area contributed by atoms with Gasteiger partial charge in [0.15, 0.2) is 6.29 Å². The van der Waals surface area contributed by atoms with Gasteiger partial charge in [-0.25, -0.2) is 0 Å². The van der Waals surface area contributed by atoms with Gasteiger partial charge in [0.05, 0.1) is 18.8 Å². The molecule has 0 rings (SSSR count). The van der Waals surface area contributed by atoms with Crippen molar-refractivity contribution in [2.75, 3.05) is 6.61 Å². The predicted octanol–water partition coefficient (Wildman–Crippen LogP) is -2.35. The zero-order chi connectivity index (χ0) is 8.85. The fourth-order valence-corrected chi connectivity index (χ4v) is 0.583. The maximum Gasteiger partial charge on any atom is 0.151 e. The van der Waals surface area contributed by atoms with E-state index in [0.717, 1.165) is 0 Å². The first-order chi connectivity index (χ1) is 5.11. The molecule has 3 atom stereocenters. The Kier molecular flexibility index (Phi) is 4.97. The van der Waals surface area contributed by atoms with Gasteiger partial charge in [0.25, 0.3) is 0 Å². The smallest absolute Gasteiger partial charge is 0.151 e. The van der Waals surface area contributed by atoms with Crippen molar-refractivity contribution in [1.29, 1.82) is 0 Å². The second kappa shape index (κ2) is 5.20. The minimum atomic E-state index is -1.49. The minimum Gasteiger partial charge on any atom is -0.394 e. The van der Waals surface area contributed by atoms with Crippen LogP contribution in [0.2, 0.25) is 0 Å². The monoisotopic (exact) mass is 164 g/mol. The Balaban J connectivity index is 3.66.